The lowest BCUT2D eigenvalue weighted by Crippen LogP contribution is -2.30. The molecule has 28 heavy (non-hydrogen) atoms. The molecule has 3 aromatic rings. The van der Waals surface area contributed by atoms with Gasteiger partial charge >= 0.3 is 0 Å². The molecule has 0 saturated carbocycles. The summed E-state index contributed by atoms with van der Waals surface area (Å²) in [6.45, 7) is 2.11. The molecule has 0 aliphatic carbocycles. The molecule has 0 saturated heterocycles. The van der Waals surface area contributed by atoms with Gasteiger partial charge in [-0.2, -0.15) is 5.10 Å². The summed E-state index contributed by atoms with van der Waals surface area (Å²) in [5.74, 6) is 0.0933. The van der Waals surface area contributed by atoms with Crippen LogP contribution < -0.4 is 16.0 Å². The third-order valence-corrected chi connectivity index (χ3v) is 5.06. The Morgan fingerprint density at radius 3 is 2.71 bits per heavy atom. The zero-order valence-corrected chi connectivity index (χ0v) is 16.1. The molecule has 4 rings (SSSR count). The first-order chi connectivity index (χ1) is 13.3. The minimum Gasteiger partial charge on any atom is -0.366 e. The Hall–Kier alpha value is -3.32. The molecule has 2 heterocycles. The van der Waals surface area contributed by atoms with Crippen molar-refractivity contribution in [1.82, 2.24) is 9.78 Å². The lowest BCUT2D eigenvalue weighted by molar-refractivity contribution is 0.0978. The van der Waals surface area contributed by atoms with Gasteiger partial charge in [0.1, 0.15) is 5.82 Å². The van der Waals surface area contributed by atoms with Crippen LogP contribution in [0.3, 0.4) is 0 Å². The summed E-state index contributed by atoms with van der Waals surface area (Å²) in [5.41, 5.74) is 9.21. The molecule has 1 aliphatic rings. The van der Waals surface area contributed by atoms with Crippen LogP contribution in [-0.4, -0.2) is 21.6 Å². The van der Waals surface area contributed by atoms with Crippen molar-refractivity contribution in [1.29, 1.82) is 0 Å². The van der Waals surface area contributed by atoms with Crippen molar-refractivity contribution in [3.8, 4) is 0 Å². The summed E-state index contributed by atoms with van der Waals surface area (Å²) >= 11 is 6.17. The third kappa shape index (κ3) is 2.99. The maximum absolute atomic E-state index is 13.4. The van der Waals surface area contributed by atoms with E-state index < -0.39 is 5.91 Å². The van der Waals surface area contributed by atoms with Crippen LogP contribution >= 0.6 is 11.6 Å². The van der Waals surface area contributed by atoms with Crippen LogP contribution in [0.25, 0.3) is 0 Å². The van der Waals surface area contributed by atoms with Gasteiger partial charge in [0.15, 0.2) is 0 Å². The van der Waals surface area contributed by atoms with Crippen molar-refractivity contribution in [2.24, 2.45) is 12.8 Å². The quantitative estimate of drug-likeness (QED) is 0.695. The molecule has 2 aromatic carbocycles. The van der Waals surface area contributed by atoms with Crippen LogP contribution in [0.5, 0.6) is 0 Å². The fourth-order valence-corrected chi connectivity index (χ4v) is 3.57. The number of aryl methyl sites for hydroxylation is 2. The molecule has 7 nitrogen and oxygen atoms in total. The number of hydrogen-bond acceptors (Lipinski definition) is 4. The number of nitrogens with one attached hydrogen (secondary N) is 1. The highest BCUT2D eigenvalue weighted by Gasteiger charge is 2.27. The Balaban J connectivity index is 1.81. The number of rotatable bonds is 2. The molecule has 8 heteroatoms. The number of primary amides is 1. The number of carbonyl (C=O) groups is 2. The number of carbonyl (C=O) groups excluding carboxylic acids is 2. The normalized spacial score (nSPS) is 12.6. The summed E-state index contributed by atoms with van der Waals surface area (Å²) in [6, 6.07) is 10.2. The van der Waals surface area contributed by atoms with E-state index in [4.69, 9.17) is 17.3 Å². The Kier molecular flexibility index (Phi) is 4.31. The Bertz CT molecular complexity index is 1120. The van der Waals surface area contributed by atoms with Crippen LogP contribution in [0, 0.1) is 6.92 Å². The summed E-state index contributed by atoms with van der Waals surface area (Å²) in [4.78, 5) is 26.5. The lowest BCUT2D eigenvalue weighted by atomic mass is 10.0. The van der Waals surface area contributed by atoms with E-state index in [0.29, 0.717) is 39.6 Å². The van der Waals surface area contributed by atoms with E-state index in [1.54, 1.807) is 53.0 Å². The molecule has 0 atom stereocenters. The van der Waals surface area contributed by atoms with Gasteiger partial charge in [-0.15, -0.1) is 0 Å². The number of aromatic nitrogens is 2. The van der Waals surface area contributed by atoms with Crippen LogP contribution in [0.1, 0.15) is 31.8 Å². The standard InChI is InChI=1S/C20H18ClN5O2/c1-11-7-12(3-5-15(11)18(22)27)20(28)26-10-13-9-23-25(2)19(13)24-16-8-14(21)4-6-17(16)26/h3-9,24H,10H2,1-2H3,(H2,22,27). The van der Waals surface area contributed by atoms with E-state index in [1.807, 2.05) is 13.1 Å². The number of anilines is 3. The van der Waals surface area contributed by atoms with Gasteiger partial charge in [-0.25, -0.2) is 0 Å². The minimum atomic E-state index is -0.518. The smallest absolute Gasteiger partial charge is 0.258 e. The second kappa shape index (κ2) is 6.69. The number of hydrogen-bond donors (Lipinski definition) is 2. The molecule has 3 N–H and O–H groups in total. The molecule has 0 bridgehead atoms. The molecular weight excluding hydrogens is 378 g/mol. The average Bonchev–Trinajstić information content (AvgIpc) is 2.90. The number of halogens is 1. The van der Waals surface area contributed by atoms with Gasteiger partial charge in [-0.05, 0) is 48.9 Å². The molecule has 0 fully saturated rings. The first-order valence-corrected chi connectivity index (χ1v) is 9.02. The zero-order chi connectivity index (χ0) is 20.0. The fourth-order valence-electron chi connectivity index (χ4n) is 3.40. The monoisotopic (exact) mass is 395 g/mol. The molecule has 142 valence electrons. The first kappa shape index (κ1) is 18.1. The Morgan fingerprint density at radius 1 is 1.21 bits per heavy atom. The molecule has 0 unspecified atom stereocenters. The highest BCUT2D eigenvalue weighted by molar-refractivity contribution is 6.31. The SMILES string of the molecule is Cc1cc(C(=O)N2Cc3cnn(C)c3Nc3cc(Cl)ccc32)ccc1C(N)=O. The van der Waals surface area contributed by atoms with E-state index in [1.165, 1.54) is 0 Å². The van der Waals surface area contributed by atoms with Crippen LogP contribution in [-0.2, 0) is 13.6 Å². The Morgan fingerprint density at radius 2 is 2.00 bits per heavy atom. The van der Waals surface area contributed by atoms with Gasteiger partial charge in [0, 0.05) is 28.8 Å². The fraction of sp³-hybridized carbons (Fsp3) is 0.150. The number of fused-ring (bicyclic) bond motifs is 2. The van der Waals surface area contributed by atoms with E-state index >= 15 is 0 Å². The van der Waals surface area contributed by atoms with Gasteiger partial charge in [0.05, 0.1) is 24.1 Å². The third-order valence-electron chi connectivity index (χ3n) is 4.83. The van der Waals surface area contributed by atoms with Crippen LogP contribution in [0.4, 0.5) is 17.2 Å². The van der Waals surface area contributed by atoms with Gasteiger partial charge in [0.25, 0.3) is 5.91 Å². The van der Waals surface area contributed by atoms with Crippen molar-refractivity contribution in [2.75, 3.05) is 10.2 Å². The van der Waals surface area contributed by atoms with Crippen LogP contribution in [0.2, 0.25) is 5.02 Å². The summed E-state index contributed by atoms with van der Waals surface area (Å²) in [7, 11) is 1.83. The van der Waals surface area contributed by atoms with Gasteiger partial charge in [-0.3, -0.25) is 14.3 Å². The van der Waals surface area contributed by atoms with E-state index in [9.17, 15) is 9.59 Å². The molecular formula is C20H18ClN5O2. The maximum Gasteiger partial charge on any atom is 0.258 e. The molecule has 0 spiro atoms. The molecule has 2 amide bonds. The van der Waals surface area contributed by atoms with Crippen molar-refractivity contribution < 1.29 is 9.59 Å². The van der Waals surface area contributed by atoms with Crippen LogP contribution in [0.15, 0.2) is 42.6 Å². The lowest BCUT2D eigenvalue weighted by Gasteiger charge is -2.23. The average molecular weight is 396 g/mol. The molecule has 1 aromatic heterocycles. The van der Waals surface area contributed by atoms with E-state index in [0.717, 1.165) is 11.4 Å². The van der Waals surface area contributed by atoms with Gasteiger partial charge < -0.3 is 16.0 Å². The van der Waals surface area contributed by atoms with Gasteiger partial charge in [-0.1, -0.05) is 11.6 Å². The summed E-state index contributed by atoms with van der Waals surface area (Å²) in [5, 5.41) is 8.16. The number of nitrogens with zero attached hydrogens (tertiary/aromatic N) is 3. The minimum absolute atomic E-state index is 0.193. The Labute approximate surface area is 166 Å². The van der Waals surface area contributed by atoms with Crippen molar-refractivity contribution in [2.45, 2.75) is 13.5 Å². The molecule has 0 radical (unpaired) electrons. The topological polar surface area (TPSA) is 93.2 Å². The highest BCUT2D eigenvalue weighted by atomic mass is 35.5. The van der Waals surface area contributed by atoms with E-state index in [2.05, 4.69) is 10.4 Å². The van der Waals surface area contributed by atoms with E-state index in [-0.39, 0.29) is 5.91 Å². The number of nitrogens with two attached hydrogens (primary N) is 1. The predicted molar refractivity (Wildman–Crippen MR) is 108 cm³/mol. The zero-order valence-electron chi connectivity index (χ0n) is 15.4. The number of benzene rings is 2. The number of amides is 2. The van der Waals surface area contributed by atoms with Crippen molar-refractivity contribution in [3.05, 3.63) is 69.9 Å². The maximum atomic E-state index is 13.4. The predicted octanol–water partition coefficient (Wildman–Crippen LogP) is 3.38. The van der Waals surface area contributed by atoms with Crippen molar-refractivity contribution in [3.63, 3.8) is 0 Å². The summed E-state index contributed by atoms with van der Waals surface area (Å²) in [6.07, 6.45) is 1.73. The summed E-state index contributed by atoms with van der Waals surface area (Å²) < 4.78 is 1.72. The second-order valence-corrected chi connectivity index (χ2v) is 7.15. The highest BCUT2D eigenvalue weighted by Crippen LogP contribution is 2.37. The first-order valence-electron chi connectivity index (χ1n) is 8.65. The molecule has 1 aliphatic heterocycles. The van der Waals surface area contributed by atoms with Crippen molar-refractivity contribution >= 4 is 40.6 Å². The van der Waals surface area contributed by atoms with Gasteiger partial charge in [0.2, 0.25) is 5.91 Å². The second-order valence-electron chi connectivity index (χ2n) is 6.71. The largest absolute Gasteiger partial charge is 0.366 e.